The maximum absolute atomic E-state index is 14.0. The summed E-state index contributed by atoms with van der Waals surface area (Å²) in [6, 6.07) is 20.2. The van der Waals surface area contributed by atoms with E-state index in [1.807, 2.05) is 71.9 Å². The summed E-state index contributed by atoms with van der Waals surface area (Å²) in [5.41, 5.74) is 3.68. The highest BCUT2D eigenvalue weighted by molar-refractivity contribution is 7.92. The van der Waals surface area contributed by atoms with Crippen LogP contribution in [0.1, 0.15) is 49.9 Å². The van der Waals surface area contributed by atoms with E-state index in [4.69, 9.17) is 0 Å². The second-order valence-electron chi connectivity index (χ2n) is 11.0. The molecule has 0 bridgehead atoms. The molecular weight excluding hydrogens is 510 g/mol. The summed E-state index contributed by atoms with van der Waals surface area (Å²) in [5, 5.41) is 2.94. The van der Waals surface area contributed by atoms with Crippen LogP contribution in [0.15, 0.2) is 77.7 Å². The number of nitrogens with one attached hydrogen (secondary N) is 1. The third-order valence-corrected chi connectivity index (χ3v) is 8.28. The fourth-order valence-electron chi connectivity index (χ4n) is 4.19. The molecule has 2 amide bonds. The lowest BCUT2D eigenvalue weighted by Gasteiger charge is -2.33. The van der Waals surface area contributed by atoms with Gasteiger partial charge < -0.3 is 10.2 Å². The fraction of sp³-hybridized carbons (Fsp3) is 0.355. The van der Waals surface area contributed by atoms with Crippen LogP contribution >= 0.6 is 0 Å². The predicted molar refractivity (Wildman–Crippen MR) is 156 cm³/mol. The summed E-state index contributed by atoms with van der Waals surface area (Å²) in [4.78, 5) is 28.7. The lowest BCUT2D eigenvalue weighted by atomic mass is 10.1. The number of aryl methyl sites for hydroxylation is 3. The van der Waals surface area contributed by atoms with Crippen molar-refractivity contribution in [2.75, 3.05) is 10.8 Å². The number of rotatable bonds is 9. The summed E-state index contributed by atoms with van der Waals surface area (Å²) >= 11 is 0. The van der Waals surface area contributed by atoms with E-state index < -0.39 is 34.1 Å². The molecule has 0 saturated carbocycles. The number of amides is 2. The van der Waals surface area contributed by atoms with Gasteiger partial charge in [0.05, 0.1) is 10.6 Å². The van der Waals surface area contributed by atoms with Gasteiger partial charge in [0.2, 0.25) is 11.8 Å². The van der Waals surface area contributed by atoms with Crippen LogP contribution in [0.3, 0.4) is 0 Å². The molecule has 0 aliphatic rings. The molecule has 0 unspecified atom stereocenters. The first-order valence-electron chi connectivity index (χ1n) is 13.0. The molecule has 0 aliphatic heterocycles. The fourth-order valence-corrected chi connectivity index (χ4v) is 5.62. The highest BCUT2D eigenvalue weighted by Crippen LogP contribution is 2.26. The zero-order chi connectivity index (χ0) is 29.0. The number of carbonyl (C=O) groups excluding carboxylic acids is 2. The number of hydrogen-bond acceptors (Lipinski definition) is 4. The smallest absolute Gasteiger partial charge is 0.264 e. The van der Waals surface area contributed by atoms with Gasteiger partial charge in [-0.15, -0.1) is 0 Å². The van der Waals surface area contributed by atoms with Gasteiger partial charge in [-0.3, -0.25) is 13.9 Å². The van der Waals surface area contributed by atoms with Crippen LogP contribution in [-0.4, -0.2) is 43.3 Å². The Morgan fingerprint density at radius 1 is 0.872 bits per heavy atom. The Morgan fingerprint density at radius 2 is 1.54 bits per heavy atom. The molecule has 0 fully saturated rings. The lowest BCUT2D eigenvalue weighted by molar-refractivity contribution is -0.140. The van der Waals surface area contributed by atoms with Crippen molar-refractivity contribution in [2.45, 2.75) is 71.5 Å². The van der Waals surface area contributed by atoms with Crippen molar-refractivity contribution in [3.63, 3.8) is 0 Å². The van der Waals surface area contributed by atoms with E-state index in [2.05, 4.69) is 5.32 Å². The SMILES string of the molecule is Cc1cccc(CN(C(=O)CN(c2ccc(C)c(C)c2)S(=O)(=O)c2ccccc2)[C@H](C)C(=O)NC(C)(C)C)c1. The first kappa shape index (κ1) is 29.9. The molecule has 0 aliphatic carbocycles. The molecule has 0 saturated heterocycles. The normalized spacial score (nSPS) is 12.5. The van der Waals surface area contributed by atoms with Crippen molar-refractivity contribution in [2.24, 2.45) is 0 Å². The number of anilines is 1. The first-order chi connectivity index (χ1) is 18.2. The van der Waals surface area contributed by atoms with Crippen LogP contribution in [0, 0.1) is 20.8 Å². The number of hydrogen-bond donors (Lipinski definition) is 1. The van der Waals surface area contributed by atoms with E-state index in [1.54, 1.807) is 37.3 Å². The molecule has 0 spiro atoms. The Labute approximate surface area is 232 Å². The van der Waals surface area contributed by atoms with Crippen LogP contribution in [0.5, 0.6) is 0 Å². The monoisotopic (exact) mass is 549 g/mol. The number of carbonyl (C=O) groups is 2. The molecule has 1 N–H and O–H groups in total. The van der Waals surface area contributed by atoms with Crippen molar-refractivity contribution >= 4 is 27.5 Å². The van der Waals surface area contributed by atoms with Gasteiger partial charge in [-0.05, 0) is 89.4 Å². The van der Waals surface area contributed by atoms with Crippen molar-refractivity contribution in [3.05, 3.63) is 95.1 Å². The van der Waals surface area contributed by atoms with Crippen LogP contribution in [0.25, 0.3) is 0 Å². The minimum atomic E-state index is -4.08. The topological polar surface area (TPSA) is 86.8 Å². The van der Waals surface area contributed by atoms with Gasteiger partial charge in [-0.25, -0.2) is 8.42 Å². The van der Waals surface area contributed by atoms with Gasteiger partial charge >= 0.3 is 0 Å². The predicted octanol–water partition coefficient (Wildman–Crippen LogP) is 5.14. The maximum atomic E-state index is 14.0. The largest absolute Gasteiger partial charge is 0.350 e. The molecule has 0 radical (unpaired) electrons. The number of nitrogens with zero attached hydrogens (tertiary/aromatic N) is 2. The second-order valence-corrected chi connectivity index (χ2v) is 12.9. The molecule has 39 heavy (non-hydrogen) atoms. The molecule has 3 aromatic rings. The van der Waals surface area contributed by atoms with E-state index in [9.17, 15) is 18.0 Å². The molecule has 7 nitrogen and oxygen atoms in total. The highest BCUT2D eigenvalue weighted by Gasteiger charge is 2.33. The van der Waals surface area contributed by atoms with Crippen LogP contribution in [0.4, 0.5) is 5.69 Å². The lowest BCUT2D eigenvalue weighted by Crippen LogP contribution is -2.54. The van der Waals surface area contributed by atoms with Crippen molar-refractivity contribution in [1.29, 1.82) is 0 Å². The molecular formula is C31H39N3O4S. The van der Waals surface area contributed by atoms with Gasteiger partial charge in [-0.2, -0.15) is 0 Å². The summed E-state index contributed by atoms with van der Waals surface area (Å²) in [5.74, 6) is -0.794. The quantitative estimate of drug-likeness (QED) is 0.401. The Hall–Kier alpha value is -3.65. The maximum Gasteiger partial charge on any atom is 0.264 e. The van der Waals surface area contributed by atoms with Crippen molar-refractivity contribution < 1.29 is 18.0 Å². The Bertz CT molecular complexity index is 1430. The van der Waals surface area contributed by atoms with Crippen molar-refractivity contribution in [3.8, 4) is 0 Å². The summed E-state index contributed by atoms with van der Waals surface area (Å²) in [7, 11) is -4.08. The van der Waals surface area contributed by atoms with E-state index in [-0.39, 0.29) is 17.3 Å². The molecule has 3 rings (SSSR count). The molecule has 0 aromatic heterocycles. The number of benzene rings is 3. The molecule has 0 heterocycles. The third-order valence-electron chi connectivity index (χ3n) is 6.49. The van der Waals surface area contributed by atoms with Gasteiger partial charge in [0, 0.05) is 12.1 Å². The first-order valence-corrected chi connectivity index (χ1v) is 14.4. The summed E-state index contributed by atoms with van der Waals surface area (Å²) < 4.78 is 28.8. The van der Waals surface area contributed by atoms with Crippen molar-refractivity contribution in [1.82, 2.24) is 10.2 Å². The Balaban J connectivity index is 2.05. The molecule has 3 aromatic carbocycles. The van der Waals surface area contributed by atoms with E-state index in [0.717, 1.165) is 26.6 Å². The van der Waals surface area contributed by atoms with Gasteiger partial charge in [0.1, 0.15) is 12.6 Å². The van der Waals surface area contributed by atoms with Gasteiger partial charge in [0.15, 0.2) is 0 Å². The van der Waals surface area contributed by atoms with E-state index in [0.29, 0.717) is 5.69 Å². The second kappa shape index (κ2) is 12.0. The molecule has 1 atom stereocenters. The van der Waals surface area contributed by atoms with Crippen LogP contribution in [0.2, 0.25) is 0 Å². The van der Waals surface area contributed by atoms with Gasteiger partial charge in [0.25, 0.3) is 10.0 Å². The molecule has 8 heteroatoms. The Morgan fingerprint density at radius 3 is 2.13 bits per heavy atom. The average Bonchev–Trinajstić information content (AvgIpc) is 2.86. The van der Waals surface area contributed by atoms with Crippen LogP contribution in [-0.2, 0) is 26.2 Å². The third kappa shape index (κ3) is 7.69. The summed E-state index contributed by atoms with van der Waals surface area (Å²) in [6.07, 6.45) is 0. The zero-order valence-corrected chi connectivity index (χ0v) is 24.7. The Kier molecular flexibility index (Phi) is 9.22. The zero-order valence-electron chi connectivity index (χ0n) is 23.9. The van der Waals surface area contributed by atoms with E-state index >= 15 is 0 Å². The average molecular weight is 550 g/mol. The number of sulfonamides is 1. The van der Waals surface area contributed by atoms with E-state index in [1.165, 1.54) is 17.0 Å². The minimum absolute atomic E-state index is 0.0831. The minimum Gasteiger partial charge on any atom is -0.350 e. The van der Waals surface area contributed by atoms with Crippen LogP contribution < -0.4 is 9.62 Å². The highest BCUT2D eigenvalue weighted by atomic mass is 32.2. The molecule has 208 valence electrons. The summed E-state index contributed by atoms with van der Waals surface area (Å²) in [6.45, 7) is 12.8. The standard InChI is InChI=1S/C31H39N3O4S/c1-22-12-11-13-26(18-22)20-33(25(4)30(36)32-31(5,6)7)29(35)21-34(27-17-16-23(2)24(3)19-27)39(37,38)28-14-9-8-10-15-28/h8-19,25H,20-21H2,1-7H3,(H,32,36)/t25-/m1/s1. The van der Waals surface area contributed by atoms with Gasteiger partial charge in [-0.1, -0.05) is 54.1 Å².